The van der Waals surface area contributed by atoms with Crippen molar-refractivity contribution in [2.75, 3.05) is 0 Å². The minimum atomic E-state index is -1.20. The second kappa shape index (κ2) is 7.03. The van der Waals surface area contributed by atoms with E-state index in [1.54, 1.807) is 20.8 Å². The molecule has 0 spiro atoms. The number of terminal acetylenes is 1. The molecule has 0 fully saturated rings. The third kappa shape index (κ3) is 5.17. The van der Waals surface area contributed by atoms with Crippen LogP contribution in [0, 0.1) is 24.0 Å². The number of alkyl carbamates (subject to hydrolysis) is 1. The van der Waals surface area contributed by atoms with Crippen molar-refractivity contribution in [1.82, 2.24) is 5.32 Å². The number of benzene rings is 1. The standard InChI is InChI=1S/C16H17F2NO3/c1-5-6-13(19-15(21)22-16(2,3)4)14(20)11-9-10(17)7-8-12(11)18/h1,7-9,13H,6H2,2-4H3,(H,19,21). The van der Waals surface area contributed by atoms with E-state index >= 15 is 0 Å². The largest absolute Gasteiger partial charge is 0.444 e. The average molecular weight is 309 g/mol. The number of hydrogen-bond acceptors (Lipinski definition) is 3. The fourth-order valence-electron chi connectivity index (χ4n) is 1.65. The molecule has 0 saturated carbocycles. The number of carbonyl (C=O) groups excluding carboxylic acids is 2. The number of nitrogens with one attached hydrogen (secondary N) is 1. The van der Waals surface area contributed by atoms with Crippen molar-refractivity contribution >= 4 is 11.9 Å². The molecule has 0 heterocycles. The van der Waals surface area contributed by atoms with E-state index in [0.717, 1.165) is 18.2 Å². The van der Waals surface area contributed by atoms with E-state index in [2.05, 4.69) is 11.2 Å². The fraction of sp³-hybridized carbons (Fsp3) is 0.375. The van der Waals surface area contributed by atoms with Gasteiger partial charge in [-0.05, 0) is 39.0 Å². The Morgan fingerprint density at radius 2 is 2.00 bits per heavy atom. The van der Waals surface area contributed by atoms with Crippen LogP contribution >= 0.6 is 0 Å². The zero-order chi connectivity index (χ0) is 16.9. The van der Waals surface area contributed by atoms with Gasteiger partial charge in [-0.15, -0.1) is 12.3 Å². The van der Waals surface area contributed by atoms with Crippen molar-refractivity contribution in [2.45, 2.75) is 38.8 Å². The molecule has 0 bridgehead atoms. The highest BCUT2D eigenvalue weighted by molar-refractivity contribution is 6.01. The van der Waals surface area contributed by atoms with Crippen LogP contribution < -0.4 is 5.32 Å². The van der Waals surface area contributed by atoms with Crippen molar-refractivity contribution in [1.29, 1.82) is 0 Å². The quantitative estimate of drug-likeness (QED) is 0.687. The molecule has 118 valence electrons. The molecular weight excluding hydrogens is 292 g/mol. The molecule has 1 unspecified atom stereocenters. The molecular formula is C16H17F2NO3. The Kier molecular flexibility index (Phi) is 5.63. The molecule has 0 aliphatic carbocycles. The maximum atomic E-state index is 13.6. The van der Waals surface area contributed by atoms with Crippen LogP contribution in [-0.2, 0) is 4.74 Å². The second-order valence-corrected chi connectivity index (χ2v) is 5.60. The van der Waals surface area contributed by atoms with Crippen LogP contribution in [0.3, 0.4) is 0 Å². The normalized spacial score (nSPS) is 12.2. The number of ether oxygens (including phenoxy) is 1. The molecule has 0 aromatic heterocycles. The zero-order valence-corrected chi connectivity index (χ0v) is 12.6. The summed E-state index contributed by atoms with van der Waals surface area (Å²) in [6.45, 7) is 4.95. The molecule has 0 aliphatic heterocycles. The van der Waals surface area contributed by atoms with Crippen molar-refractivity contribution in [3.05, 3.63) is 35.4 Å². The summed E-state index contributed by atoms with van der Waals surface area (Å²) in [5, 5.41) is 2.28. The number of halogens is 2. The third-order valence-corrected chi connectivity index (χ3v) is 2.52. The summed E-state index contributed by atoms with van der Waals surface area (Å²) in [5.74, 6) is -0.257. The van der Waals surface area contributed by atoms with E-state index in [4.69, 9.17) is 11.2 Å². The molecule has 0 radical (unpaired) electrons. The number of amides is 1. The lowest BCUT2D eigenvalue weighted by Gasteiger charge is -2.22. The fourth-order valence-corrected chi connectivity index (χ4v) is 1.65. The molecule has 1 aromatic carbocycles. The Hall–Kier alpha value is -2.42. The van der Waals surface area contributed by atoms with Crippen LogP contribution in [0.2, 0.25) is 0 Å². The first-order valence-electron chi connectivity index (χ1n) is 6.56. The summed E-state index contributed by atoms with van der Waals surface area (Å²) in [7, 11) is 0. The van der Waals surface area contributed by atoms with Crippen molar-refractivity contribution in [2.24, 2.45) is 0 Å². The van der Waals surface area contributed by atoms with Gasteiger partial charge in [-0.2, -0.15) is 0 Å². The molecule has 1 aromatic rings. The topological polar surface area (TPSA) is 55.4 Å². The van der Waals surface area contributed by atoms with Gasteiger partial charge in [-0.3, -0.25) is 4.79 Å². The molecule has 0 aliphatic rings. The maximum absolute atomic E-state index is 13.6. The SMILES string of the molecule is C#CCC(NC(=O)OC(C)(C)C)C(=O)c1cc(F)ccc1F. The van der Waals surface area contributed by atoms with Gasteiger partial charge in [0.05, 0.1) is 5.56 Å². The van der Waals surface area contributed by atoms with E-state index in [9.17, 15) is 18.4 Å². The van der Waals surface area contributed by atoms with Crippen LogP contribution in [0.15, 0.2) is 18.2 Å². The molecule has 1 rings (SSSR count). The smallest absolute Gasteiger partial charge is 0.408 e. The van der Waals surface area contributed by atoms with Gasteiger partial charge in [-0.1, -0.05) is 0 Å². The predicted octanol–water partition coefficient (Wildman–Crippen LogP) is 3.06. The first kappa shape index (κ1) is 17.6. The van der Waals surface area contributed by atoms with Crippen LogP contribution in [0.5, 0.6) is 0 Å². The Morgan fingerprint density at radius 1 is 1.36 bits per heavy atom. The van der Waals surface area contributed by atoms with Gasteiger partial charge in [0.25, 0.3) is 0 Å². The zero-order valence-electron chi connectivity index (χ0n) is 12.6. The first-order valence-corrected chi connectivity index (χ1v) is 6.56. The third-order valence-electron chi connectivity index (χ3n) is 2.52. The highest BCUT2D eigenvalue weighted by Crippen LogP contribution is 2.14. The molecule has 4 nitrogen and oxygen atoms in total. The number of Topliss-reactive ketones (excluding diaryl/α,β-unsaturated/α-hetero) is 1. The number of carbonyl (C=O) groups is 2. The Balaban J connectivity index is 2.95. The number of ketones is 1. The van der Waals surface area contributed by atoms with E-state index in [0.29, 0.717) is 0 Å². The van der Waals surface area contributed by atoms with E-state index in [-0.39, 0.29) is 6.42 Å². The predicted molar refractivity (Wildman–Crippen MR) is 77.3 cm³/mol. The summed E-state index contributed by atoms with van der Waals surface area (Å²) in [6, 6.07) is 1.29. The lowest BCUT2D eigenvalue weighted by molar-refractivity contribution is 0.0492. The molecule has 1 amide bonds. The van der Waals surface area contributed by atoms with Gasteiger partial charge in [0.2, 0.25) is 0 Å². The molecule has 1 atom stereocenters. The first-order chi connectivity index (χ1) is 10.1. The highest BCUT2D eigenvalue weighted by atomic mass is 19.1. The van der Waals surface area contributed by atoms with Crippen LogP contribution in [0.1, 0.15) is 37.6 Å². The van der Waals surface area contributed by atoms with E-state index in [1.807, 2.05) is 0 Å². The van der Waals surface area contributed by atoms with E-state index < -0.39 is 40.7 Å². The van der Waals surface area contributed by atoms with E-state index in [1.165, 1.54) is 0 Å². The molecule has 1 N–H and O–H groups in total. The monoisotopic (exact) mass is 309 g/mol. The summed E-state index contributed by atoms with van der Waals surface area (Å²) in [4.78, 5) is 23.9. The second-order valence-electron chi connectivity index (χ2n) is 5.60. The van der Waals surface area contributed by atoms with Gasteiger partial charge < -0.3 is 10.1 Å². The Bertz CT molecular complexity index is 615. The van der Waals surface area contributed by atoms with Crippen LogP contribution in [-0.4, -0.2) is 23.5 Å². The number of hydrogen-bond donors (Lipinski definition) is 1. The average Bonchev–Trinajstić information content (AvgIpc) is 2.38. The van der Waals surface area contributed by atoms with Gasteiger partial charge >= 0.3 is 6.09 Å². The molecule has 22 heavy (non-hydrogen) atoms. The van der Waals surface area contributed by atoms with Gasteiger partial charge in [0.1, 0.15) is 23.3 Å². The van der Waals surface area contributed by atoms with Gasteiger partial charge in [0, 0.05) is 6.42 Å². The van der Waals surface area contributed by atoms with Crippen molar-refractivity contribution < 1.29 is 23.1 Å². The Morgan fingerprint density at radius 3 is 2.55 bits per heavy atom. The number of rotatable bonds is 4. The summed E-state index contributed by atoms with van der Waals surface area (Å²) < 4.78 is 31.8. The van der Waals surface area contributed by atoms with Crippen LogP contribution in [0.4, 0.5) is 13.6 Å². The summed E-state index contributed by atoms with van der Waals surface area (Å²) >= 11 is 0. The lowest BCUT2D eigenvalue weighted by Crippen LogP contribution is -2.43. The maximum Gasteiger partial charge on any atom is 0.408 e. The summed E-state index contributed by atoms with van der Waals surface area (Å²) in [5.41, 5.74) is -1.24. The Labute approximate surface area is 127 Å². The minimum absolute atomic E-state index is 0.173. The van der Waals surface area contributed by atoms with Gasteiger partial charge in [0.15, 0.2) is 5.78 Å². The van der Waals surface area contributed by atoms with Crippen molar-refractivity contribution in [3.63, 3.8) is 0 Å². The molecule has 0 saturated heterocycles. The summed E-state index contributed by atoms with van der Waals surface area (Å²) in [6.07, 6.45) is 4.12. The molecule has 6 heteroatoms. The minimum Gasteiger partial charge on any atom is -0.444 e. The van der Waals surface area contributed by atoms with Gasteiger partial charge in [-0.25, -0.2) is 13.6 Å². The van der Waals surface area contributed by atoms with Crippen LogP contribution in [0.25, 0.3) is 0 Å². The van der Waals surface area contributed by atoms with Crippen molar-refractivity contribution in [3.8, 4) is 12.3 Å². The lowest BCUT2D eigenvalue weighted by atomic mass is 10.0. The highest BCUT2D eigenvalue weighted by Gasteiger charge is 2.26.